The molecule has 23 heavy (non-hydrogen) atoms. The summed E-state index contributed by atoms with van der Waals surface area (Å²) >= 11 is 0. The van der Waals surface area contributed by atoms with Crippen LogP contribution in [0, 0.1) is 0 Å². The molecular formula is C16H14N4O3. The number of nitrogens with one attached hydrogen (secondary N) is 1. The summed E-state index contributed by atoms with van der Waals surface area (Å²) in [7, 11) is 1.55. The average molecular weight is 310 g/mol. The van der Waals surface area contributed by atoms with Gasteiger partial charge in [0, 0.05) is 18.0 Å². The van der Waals surface area contributed by atoms with Crippen LogP contribution in [0.25, 0.3) is 11.0 Å². The largest absolute Gasteiger partial charge is 0.497 e. The number of amides is 1. The van der Waals surface area contributed by atoms with E-state index in [4.69, 9.17) is 4.74 Å². The molecule has 2 aromatic heterocycles. The molecule has 3 rings (SSSR count). The molecule has 0 bridgehead atoms. The molecule has 0 radical (unpaired) electrons. The lowest BCUT2D eigenvalue weighted by atomic mass is 10.3. The maximum atomic E-state index is 12.3. The summed E-state index contributed by atoms with van der Waals surface area (Å²) in [5.74, 6) is 0.309. The molecule has 0 atom stereocenters. The van der Waals surface area contributed by atoms with Crippen molar-refractivity contribution in [3.05, 3.63) is 59.3 Å². The highest BCUT2D eigenvalue weighted by molar-refractivity contribution is 5.90. The van der Waals surface area contributed by atoms with Crippen LogP contribution in [0.15, 0.2) is 53.7 Å². The van der Waals surface area contributed by atoms with Crippen molar-refractivity contribution in [1.29, 1.82) is 0 Å². The molecule has 3 aromatic rings. The molecule has 1 aromatic carbocycles. The van der Waals surface area contributed by atoms with E-state index in [0.29, 0.717) is 22.5 Å². The summed E-state index contributed by atoms with van der Waals surface area (Å²) in [6, 6.07) is 10.3. The Labute approximate surface area is 131 Å². The van der Waals surface area contributed by atoms with Gasteiger partial charge in [0.25, 0.3) is 5.56 Å². The van der Waals surface area contributed by atoms with Crippen molar-refractivity contribution < 1.29 is 9.53 Å². The van der Waals surface area contributed by atoms with Crippen molar-refractivity contribution in [3.63, 3.8) is 0 Å². The van der Waals surface area contributed by atoms with Gasteiger partial charge in [0.05, 0.1) is 12.5 Å². The number of anilines is 1. The minimum atomic E-state index is -0.328. The summed E-state index contributed by atoms with van der Waals surface area (Å²) in [5, 5.41) is 3.10. The molecule has 1 N–H and O–H groups in total. The third-order valence-corrected chi connectivity index (χ3v) is 3.26. The van der Waals surface area contributed by atoms with E-state index in [9.17, 15) is 9.59 Å². The number of ether oxygens (including phenoxy) is 1. The van der Waals surface area contributed by atoms with Gasteiger partial charge in [0.1, 0.15) is 18.6 Å². The number of nitrogens with zero attached hydrogens (tertiary/aromatic N) is 3. The van der Waals surface area contributed by atoms with Gasteiger partial charge < -0.3 is 10.1 Å². The van der Waals surface area contributed by atoms with E-state index < -0.39 is 0 Å². The zero-order valence-corrected chi connectivity index (χ0v) is 12.4. The first-order valence-corrected chi connectivity index (χ1v) is 6.91. The predicted molar refractivity (Wildman–Crippen MR) is 85.4 cm³/mol. The molecule has 116 valence electrons. The lowest BCUT2D eigenvalue weighted by molar-refractivity contribution is -0.116. The number of aromatic nitrogens is 3. The average Bonchev–Trinajstić information content (AvgIpc) is 2.58. The molecule has 0 unspecified atom stereocenters. The fourth-order valence-corrected chi connectivity index (χ4v) is 2.17. The molecule has 7 heteroatoms. The number of carbonyl (C=O) groups is 1. The Balaban J connectivity index is 1.80. The first-order chi connectivity index (χ1) is 11.2. The molecule has 0 saturated heterocycles. The van der Waals surface area contributed by atoms with Crippen molar-refractivity contribution in [2.24, 2.45) is 0 Å². The molecular weight excluding hydrogens is 296 g/mol. The molecule has 2 heterocycles. The molecule has 0 aliphatic rings. The standard InChI is InChI=1S/C16H14N4O3/c1-23-12-5-2-4-11(8-12)19-14(21)9-20-10-18-15-13(16(20)22)6-3-7-17-15/h2-8,10H,9H2,1H3,(H,19,21). The first-order valence-electron chi connectivity index (χ1n) is 6.91. The molecule has 0 saturated carbocycles. The van der Waals surface area contributed by atoms with Crippen molar-refractivity contribution in [2.45, 2.75) is 6.54 Å². The van der Waals surface area contributed by atoms with Crippen LogP contribution >= 0.6 is 0 Å². The van der Waals surface area contributed by atoms with E-state index in [0.717, 1.165) is 0 Å². The van der Waals surface area contributed by atoms with Crippen LogP contribution in [-0.4, -0.2) is 27.6 Å². The third-order valence-electron chi connectivity index (χ3n) is 3.26. The normalized spacial score (nSPS) is 10.5. The highest BCUT2D eigenvalue weighted by atomic mass is 16.5. The number of carbonyl (C=O) groups excluding carboxylic acids is 1. The topological polar surface area (TPSA) is 86.1 Å². The molecule has 1 amide bonds. The van der Waals surface area contributed by atoms with Crippen molar-refractivity contribution in [1.82, 2.24) is 14.5 Å². The summed E-state index contributed by atoms with van der Waals surface area (Å²) in [6.07, 6.45) is 2.89. The van der Waals surface area contributed by atoms with Gasteiger partial charge in [-0.1, -0.05) is 6.07 Å². The smallest absolute Gasteiger partial charge is 0.263 e. The zero-order valence-electron chi connectivity index (χ0n) is 12.4. The molecule has 0 fully saturated rings. The van der Waals surface area contributed by atoms with Crippen LogP contribution in [0.5, 0.6) is 5.75 Å². The van der Waals surface area contributed by atoms with Crippen LogP contribution in [0.2, 0.25) is 0 Å². The first kappa shape index (κ1) is 14.7. The summed E-state index contributed by atoms with van der Waals surface area (Å²) in [4.78, 5) is 32.5. The maximum Gasteiger partial charge on any atom is 0.263 e. The second-order valence-corrected chi connectivity index (χ2v) is 4.83. The minimum Gasteiger partial charge on any atom is -0.497 e. The lowest BCUT2D eigenvalue weighted by Gasteiger charge is -2.08. The van der Waals surface area contributed by atoms with Gasteiger partial charge in [-0.3, -0.25) is 14.2 Å². The van der Waals surface area contributed by atoms with Gasteiger partial charge in [0.2, 0.25) is 5.91 Å². The van der Waals surface area contributed by atoms with Crippen LogP contribution in [-0.2, 0) is 11.3 Å². The van der Waals surface area contributed by atoms with E-state index in [1.807, 2.05) is 0 Å². The van der Waals surface area contributed by atoms with Crippen LogP contribution in [0.4, 0.5) is 5.69 Å². The summed E-state index contributed by atoms with van der Waals surface area (Å²) in [6.45, 7) is -0.131. The Kier molecular flexibility index (Phi) is 4.01. The Morgan fingerprint density at radius 2 is 2.13 bits per heavy atom. The van der Waals surface area contributed by atoms with Crippen LogP contribution in [0.3, 0.4) is 0 Å². The quantitative estimate of drug-likeness (QED) is 0.788. The van der Waals surface area contributed by atoms with Gasteiger partial charge in [-0.25, -0.2) is 9.97 Å². The van der Waals surface area contributed by atoms with Gasteiger partial charge in [-0.15, -0.1) is 0 Å². The monoisotopic (exact) mass is 310 g/mol. The van der Waals surface area contributed by atoms with Crippen LogP contribution in [0.1, 0.15) is 0 Å². The lowest BCUT2D eigenvalue weighted by Crippen LogP contribution is -2.28. The van der Waals surface area contributed by atoms with E-state index in [2.05, 4.69) is 15.3 Å². The summed E-state index contributed by atoms with van der Waals surface area (Å²) < 4.78 is 6.35. The Hall–Kier alpha value is -3.22. The van der Waals surface area contributed by atoms with E-state index >= 15 is 0 Å². The number of methoxy groups -OCH3 is 1. The highest BCUT2D eigenvalue weighted by Crippen LogP contribution is 2.16. The zero-order chi connectivity index (χ0) is 16.2. The highest BCUT2D eigenvalue weighted by Gasteiger charge is 2.09. The fraction of sp³-hybridized carbons (Fsp3) is 0.125. The van der Waals surface area contributed by atoms with E-state index in [1.54, 1.807) is 49.7 Å². The predicted octanol–water partition coefficient (Wildman–Crippen LogP) is 1.44. The Morgan fingerprint density at radius 3 is 2.96 bits per heavy atom. The van der Waals surface area contributed by atoms with Gasteiger partial charge in [-0.2, -0.15) is 0 Å². The third kappa shape index (κ3) is 3.18. The number of pyridine rings is 1. The van der Waals surface area contributed by atoms with Crippen molar-refractivity contribution >= 4 is 22.6 Å². The van der Waals surface area contributed by atoms with Gasteiger partial charge in [0.15, 0.2) is 5.65 Å². The fourth-order valence-electron chi connectivity index (χ4n) is 2.17. The number of rotatable bonds is 4. The molecule has 7 nitrogen and oxygen atoms in total. The Bertz CT molecular complexity index is 920. The van der Waals surface area contributed by atoms with Crippen molar-refractivity contribution in [2.75, 3.05) is 12.4 Å². The second-order valence-electron chi connectivity index (χ2n) is 4.83. The van der Waals surface area contributed by atoms with E-state index in [1.165, 1.54) is 10.9 Å². The second kappa shape index (κ2) is 6.27. The number of hydrogen-bond donors (Lipinski definition) is 1. The minimum absolute atomic E-state index is 0.131. The molecule has 0 aliphatic heterocycles. The van der Waals surface area contributed by atoms with E-state index in [-0.39, 0.29) is 18.0 Å². The van der Waals surface area contributed by atoms with Gasteiger partial charge in [-0.05, 0) is 24.3 Å². The number of benzene rings is 1. The maximum absolute atomic E-state index is 12.3. The van der Waals surface area contributed by atoms with Crippen LogP contribution < -0.4 is 15.6 Å². The number of fused-ring (bicyclic) bond motifs is 1. The molecule has 0 spiro atoms. The molecule has 0 aliphatic carbocycles. The number of hydrogen-bond acceptors (Lipinski definition) is 5. The van der Waals surface area contributed by atoms with Gasteiger partial charge >= 0.3 is 0 Å². The SMILES string of the molecule is COc1cccc(NC(=O)Cn2cnc3ncccc3c2=O)c1. The Morgan fingerprint density at radius 1 is 1.26 bits per heavy atom. The summed E-state index contributed by atoms with van der Waals surface area (Å²) in [5.41, 5.74) is 0.656. The van der Waals surface area contributed by atoms with Crippen molar-refractivity contribution in [3.8, 4) is 5.75 Å².